The zero-order valence-electron chi connectivity index (χ0n) is 9.87. The molecular weight excluding hydrogens is 198 g/mol. The zero-order valence-corrected chi connectivity index (χ0v) is 9.87. The second-order valence-electron chi connectivity index (χ2n) is 5.19. The van der Waals surface area contributed by atoms with E-state index in [0.717, 1.165) is 38.8 Å². The standard InChI is InChI=1S/C14H19NO/c1-2-15-8-5-12-9-11(3-4-13(12)15)10-14(16)6-7-14/h3-4,9,16H,2,5-8,10H2,1H3. The second kappa shape index (κ2) is 3.49. The largest absolute Gasteiger partial charge is 0.390 e. The SMILES string of the molecule is CCN1CCc2cc(CC3(O)CC3)ccc21. The maximum Gasteiger partial charge on any atom is 0.0690 e. The van der Waals surface area contributed by atoms with Crippen LogP contribution in [0.3, 0.4) is 0 Å². The van der Waals surface area contributed by atoms with E-state index in [4.69, 9.17) is 0 Å². The third-order valence-corrected chi connectivity index (χ3v) is 3.88. The second-order valence-corrected chi connectivity index (χ2v) is 5.19. The van der Waals surface area contributed by atoms with Gasteiger partial charge in [-0.2, -0.15) is 0 Å². The molecule has 1 fully saturated rings. The Morgan fingerprint density at radius 1 is 1.38 bits per heavy atom. The van der Waals surface area contributed by atoms with Gasteiger partial charge in [0.05, 0.1) is 5.60 Å². The number of anilines is 1. The molecule has 2 heteroatoms. The van der Waals surface area contributed by atoms with Gasteiger partial charge in [0.15, 0.2) is 0 Å². The van der Waals surface area contributed by atoms with Gasteiger partial charge in [-0.15, -0.1) is 0 Å². The summed E-state index contributed by atoms with van der Waals surface area (Å²) in [5.74, 6) is 0. The van der Waals surface area contributed by atoms with Gasteiger partial charge in [0.25, 0.3) is 0 Å². The normalized spacial score (nSPS) is 21.0. The Morgan fingerprint density at radius 3 is 2.88 bits per heavy atom. The van der Waals surface area contributed by atoms with E-state index in [9.17, 15) is 5.11 Å². The lowest BCUT2D eigenvalue weighted by Gasteiger charge is -2.17. The van der Waals surface area contributed by atoms with Gasteiger partial charge < -0.3 is 10.0 Å². The van der Waals surface area contributed by atoms with Gasteiger partial charge in [0.2, 0.25) is 0 Å². The molecule has 0 saturated heterocycles. The number of benzene rings is 1. The lowest BCUT2D eigenvalue weighted by Crippen LogP contribution is -2.19. The van der Waals surface area contributed by atoms with Gasteiger partial charge in [0, 0.05) is 25.2 Å². The third kappa shape index (κ3) is 1.71. The minimum Gasteiger partial charge on any atom is -0.390 e. The van der Waals surface area contributed by atoms with Gasteiger partial charge in [-0.25, -0.2) is 0 Å². The molecule has 1 aromatic rings. The Hall–Kier alpha value is -1.02. The molecule has 0 amide bonds. The van der Waals surface area contributed by atoms with Crippen LogP contribution in [-0.2, 0) is 12.8 Å². The topological polar surface area (TPSA) is 23.5 Å². The molecule has 16 heavy (non-hydrogen) atoms. The average molecular weight is 217 g/mol. The van der Waals surface area contributed by atoms with E-state index in [0.29, 0.717) is 0 Å². The number of hydrogen-bond donors (Lipinski definition) is 1. The average Bonchev–Trinajstić information content (AvgIpc) is 2.86. The summed E-state index contributed by atoms with van der Waals surface area (Å²) in [7, 11) is 0. The highest BCUT2D eigenvalue weighted by molar-refractivity contribution is 5.59. The predicted octanol–water partition coefficient (Wildman–Crippen LogP) is 2.14. The van der Waals surface area contributed by atoms with Crippen LogP contribution in [-0.4, -0.2) is 23.8 Å². The molecule has 1 aliphatic carbocycles. The summed E-state index contributed by atoms with van der Waals surface area (Å²) in [6.07, 6.45) is 3.96. The predicted molar refractivity (Wildman–Crippen MR) is 65.9 cm³/mol. The first-order valence-corrected chi connectivity index (χ1v) is 6.29. The number of hydrogen-bond acceptors (Lipinski definition) is 2. The maximum absolute atomic E-state index is 9.92. The molecule has 2 aliphatic rings. The molecule has 1 aliphatic heterocycles. The molecule has 0 radical (unpaired) electrons. The molecular formula is C14H19NO. The summed E-state index contributed by atoms with van der Waals surface area (Å²) < 4.78 is 0. The molecule has 0 spiro atoms. The van der Waals surface area contributed by atoms with Gasteiger partial charge >= 0.3 is 0 Å². The number of fused-ring (bicyclic) bond motifs is 1. The van der Waals surface area contributed by atoms with Crippen molar-refractivity contribution in [1.29, 1.82) is 0 Å². The molecule has 1 aromatic carbocycles. The van der Waals surface area contributed by atoms with Crippen LogP contribution in [0.2, 0.25) is 0 Å². The minimum absolute atomic E-state index is 0.364. The van der Waals surface area contributed by atoms with Crippen LogP contribution in [0, 0.1) is 0 Å². The van der Waals surface area contributed by atoms with Crippen molar-refractivity contribution < 1.29 is 5.11 Å². The molecule has 3 rings (SSSR count). The van der Waals surface area contributed by atoms with E-state index in [2.05, 4.69) is 30.0 Å². The molecule has 1 N–H and O–H groups in total. The number of aliphatic hydroxyl groups is 1. The summed E-state index contributed by atoms with van der Waals surface area (Å²) in [5.41, 5.74) is 3.80. The van der Waals surface area contributed by atoms with E-state index < -0.39 is 0 Å². The Labute approximate surface area is 96.9 Å². The molecule has 0 aromatic heterocycles. The summed E-state index contributed by atoms with van der Waals surface area (Å²) in [6, 6.07) is 6.71. The van der Waals surface area contributed by atoms with E-state index in [1.54, 1.807) is 0 Å². The third-order valence-electron chi connectivity index (χ3n) is 3.88. The Kier molecular flexibility index (Phi) is 2.21. The van der Waals surface area contributed by atoms with Crippen molar-refractivity contribution in [1.82, 2.24) is 0 Å². The van der Waals surface area contributed by atoms with Gasteiger partial charge in [-0.05, 0) is 43.4 Å². The fourth-order valence-corrected chi connectivity index (χ4v) is 2.66. The number of likely N-dealkylation sites (N-methyl/N-ethyl adjacent to an activating group) is 1. The molecule has 2 nitrogen and oxygen atoms in total. The summed E-state index contributed by atoms with van der Waals surface area (Å²) in [5, 5.41) is 9.92. The Balaban J connectivity index is 1.83. The maximum atomic E-state index is 9.92. The van der Waals surface area contributed by atoms with Crippen molar-refractivity contribution in [3.05, 3.63) is 29.3 Å². The highest BCUT2D eigenvalue weighted by Crippen LogP contribution is 2.39. The van der Waals surface area contributed by atoms with Crippen molar-refractivity contribution >= 4 is 5.69 Å². The summed E-state index contributed by atoms with van der Waals surface area (Å²) >= 11 is 0. The van der Waals surface area contributed by atoms with Crippen molar-refractivity contribution in [2.45, 2.75) is 38.2 Å². The lowest BCUT2D eigenvalue weighted by atomic mass is 10.0. The van der Waals surface area contributed by atoms with Gasteiger partial charge in [-0.1, -0.05) is 12.1 Å². The first-order chi connectivity index (χ1) is 7.70. The highest BCUT2D eigenvalue weighted by atomic mass is 16.3. The fraction of sp³-hybridized carbons (Fsp3) is 0.571. The van der Waals surface area contributed by atoms with Crippen molar-refractivity contribution in [2.75, 3.05) is 18.0 Å². The Bertz CT molecular complexity index is 409. The zero-order chi connectivity index (χ0) is 11.2. The number of nitrogens with zero attached hydrogens (tertiary/aromatic N) is 1. The van der Waals surface area contributed by atoms with Crippen molar-refractivity contribution in [3.63, 3.8) is 0 Å². The molecule has 0 unspecified atom stereocenters. The quantitative estimate of drug-likeness (QED) is 0.838. The lowest BCUT2D eigenvalue weighted by molar-refractivity contribution is 0.151. The van der Waals surface area contributed by atoms with E-state index in [-0.39, 0.29) is 5.60 Å². The molecule has 86 valence electrons. The molecule has 1 heterocycles. The number of rotatable bonds is 3. The Morgan fingerprint density at radius 2 is 2.19 bits per heavy atom. The van der Waals surface area contributed by atoms with Crippen LogP contribution in [0.5, 0.6) is 0 Å². The van der Waals surface area contributed by atoms with E-state index in [1.807, 2.05) is 0 Å². The highest BCUT2D eigenvalue weighted by Gasteiger charge is 2.40. The first kappa shape index (κ1) is 10.2. The van der Waals surface area contributed by atoms with Crippen LogP contribution < -0.4 is 4.90 Å². The van der Waals surface area contributed by atoms with Gasteiger partial charge in [0.1, 0.15) is 0 Å². The molecule has 1 saturated carbocycles. The monoisotopic (exact) mass is 217 g/mol. The van der Waals surface area contributed by atoms with Gasteiger partial charge in [-0.3, -0.25) is 0 Å². The van der Waals surface area contributed by atoms with Crippen molar-refractivity contribution in [2.24, 2.45) is 0 Å². The van der Waals surface area contributed by atoms with E-state index >= 15 is 0 Å². The van der Waals surface area contributed by atoms with E-state index in [1.165, 1.54) is 16.8 Å². The van der Waals surface area contributed by atoms with Crippen LogP contribution >= 0.6 is 0 Å². The van der Waals surface area contributed by atoms with Crippen LogP contribution in [0.4, 0.5) is 5.69 Å². The summed E-state index contributed by atoms with van der Waals surface area (Å²) in [6.45, 7) is 4.45. The fourth-order valence-electron chi connectivity index (χ4n) is 2.66. The first-order valence-electron chi connectivity index (χ1n) is 6.29. The smallest absolute Gasteiger partial charge is 0.0690 e. The molecule has 0 atom stereocenters. The summed E-state index contributed by atoms with van der Waals surface area (Å²) in [4.78, 5) is 2.42. The van der Waals surface area contributed by atoms with Crippen molar-refractivity contribution in [3.8, 4) is 0 Å². The van der Waals surface area contributed by atoms with Crippen LogP contribution in [0.1, 0.15) is 30.9 Å². The van der Waals surface area contributed by atoms with Crippen LogP contribution in [0.25, 0.3) is 0 Å². The van der Waals surface area contributed by atoms with Crippen LogP contribution in [0.15, 0.2) is 18.2 Å². The molecule has 0 bridgehead atoms. The minimum atomic E-state index is -0.364.